The Bertz CT molecular complexity index is 1560. The van der Waals surface area contributed by atoms with Crippen molar-refractivity contribution in [2.45, 2.75) is 97.8 Å². The maximum absolute atomic E-state index is 8.80. The van der Waals surface area contributed by atoms with Gasteiger partial charge in [0.1, 0.15) is 11.5 Å². The molecule has 3 aromatic carbocycles. The third-order valence-electron chi connectivity index (χ3n) is 10.5. The van der Waals surface area contributed by atoms with Crippen LogP contribution in [0, 0.1) is 21.6 Å². The molecule has 5 rings (SSSR count). The molecule has 0 unspecified atom stereocenters. The largest absolute Gasteiger partial charge is 0.493 e. The second-order valence-corrected chi connectivity index (χ2v) is 16.4. The molecule has 2 aliphatic rings. The number of rotatable bonds is 27. The normalized spacial score (nSPS) is 15.4. The first-order valence-electron chi connectivity index (χ1n) is 21.0. The van der Waals surface area contributed by atoms with Crippen molar-refractivity contribution in [3.63, 3.8) is 0 Å². The van der Waals surface area contributed by atoms with Crippen molar-refractivity contribution in [3.8, 4) is 22.6 Å². The van der Waals surface area contributed by atoms with Crippen molar-refractivity contribution in [2.75, 3.05) is 66.1 Å². The Kier molecular flexibility index (Phi) is 17.7. The second-order valence-electron chi connectivity index (χ2n) is 16.4. The molecule has 2 saturated heterocycles. The first-order chi connectivity index (χ1) is 27.2. The van der Waals surface area contributed by atoms with Gasteiger partial charge in [0.25, 0.3) is 0 Å². The molecule has 56 heavy (non-hydrogen) atoms. The Labute approximate surface area is 335 Å². The fraction of sp³-hybridized carbons (Fsp3) is 0.574. The lowest BCUT2D eigenvalue weighted by atomic mass is 9.90. The second kappa shape index (κ2) is 22.8. The smallest absolute Gasteiger partial charge is 0.221 e. The van der Waals surface area contributed by atoms with Gasteiger partial charge in [-0.2, -0.15) is 0 Å². The molecule has 0 aromatic heterocycles. The fourth-order valence-electron chi connectivity index (χ4n) is 6.75. The van der Waals surface area contributed by atoms with E-state index in [1.165, 1.54) is 24.8 Å². The summed E-state index contributed by atoms with van der Waals surface area (Å²) < 4.78 is 40.5. The molecular weight excluding hydrogens is 705 g/mol. The van der Waals surface area contributed by atoms with Crippen LogP contribution in [-0.2, 0) is 30.1 Å². The number of hydrogen-bond donors (Lipinski definition) is 2. The van der Waals surface area contributed by atoms with Crippen LogP contribution in [0.1, 0.15) is 108 Å². The minimum Gasteiger partial charge on any atom is -0.493 e. The van der Waals surface area contributed by atoms with Crippen LogP contribution in [0.25, 0.3) is 11.1 Å². The molecule has 2 heterocycles. The molecule has 0 bridgehead atoms. The molecule has 306 valence electrons. The first kappa shape index (κ1) is 43.4. The monoisotopic (exact) mass is 770 g/mol. The van der Waals surface area contributed by atoms with E-state index in [9.17, 15) is 0 Å². The molecular formula is C47H66N2O7. The van der Waals surface area contributed by atoms with Gasteiger partial charge < -0.3 is 33.2 Å². The number of ether oxygens (including phenoxy) is 7. The van der Waals surface area contributed by atoms with Crippen molar-refractivity contribution >= 4 is 11.8 Å². The zero-order valence-electron chi connectivity index (χ0n) is 34.3. The fourth-order valence-corrected chi connectivity index (χ4v) is 6.75. The summed E-state index contributed by atoms with van der Waals surface area (Å²) in [4.78, 5) is 0. The third-order valence-corrected chi connectivity index (χ3v) is 10.5. The standard InChI is InChI=1S/C47H66N2O7/c1-4-5-10-15-37-16-18-38(19-17-37)39-20-22-40(23-21-39)44(48)56-45(49)41-28-42(54-26-13-8-6-11-24-50-31-46(2)33-52-34-46)30-43(29-41)55-27-14-9-7-12-25-51-32-47(3)35-53-36-47/h16-23,28-30,48-49H,4-15,24-27,31-36H2,1-3H3. The van der Waals surface area contributed by atoms with Crippen molar-refractivity contribution < 1.29 is 33.2 Å². The molecule has 0 spiro atoms. The highest BCUT2D eigenvalue weighted by Crippen LogP contribution is 2.28. The van der Waals surface area contributed by atoms with Crippen LogP contribution in [0.5, 0.6) is 11.5 Å². The SMILES string of the molecule is CCCCCc1ccc(-c2ccc(C(=N)OC(=N)c3cc(OCCCCCCOCC4(C)COC4)cc(OCCCCCCOCC4(C)COC4)c3)cc2)cc1. The van der Waals surface area contributed by atoms with Crippen LogP contribution < -0.4 is 9.47 Å². The molecule has 0 saturated carbocycles. The zero-order valence-corrected chi connectivity index (χ0v) is 34.3. The highest BCUT2D eigenvalue weighted by molar-refractivity contribution is 6.05. The van der Waals surface area contributed by atoms with E-state index in [-0.39, 0.29) is 22.6 Å². The molecule has 0 radical (unpaired) electrons. The Morgan fingerprint density at radius 1 is 0.554 bits per heavy atom. The van der Waals surface area contributed by atoms with E-state index in [1.807, 2.05) is 30.3 Å². The minimum absolute atomic E-state index is 0.0835. The number of benzene rings is 3. The molecule has 0 atom stereocenters. The summed E-state index contributed by atoms with van der Waals surface area (Å²) >= 11 is 0. The molecule has 0 amide bonds. The summed E-state index contributed by atoms with van der Waals surface area (Å²) in [5, 5.41) is 17.5. The molecule has 0 aliphatic carbocycles. The summed E-state index contributed by atoms with van der Waals surface area (Å²) in [6.45, 7) is 14.0. The average molecular weight is 771 g/mol. The lowest BCUT2D eigenvalue weighted by molar-refractivity contribution is -0.137. The maximum Gasteiger partial charge on any atom is 0.221 e. The topological polar surface area (TPSA) is 112 Å². The van der Waals surface area contributed by atoms with Gasteiger partial charge in [-0.05, 0) is 92.3 Å². The maximum atomic E-state index is 8.80. The van der Waals surface area contributed by atoms with Gasteiger partial charge in [-0.3, -0.25) is 10.8 Å². The van der Waals surface area contributed by atoms with Gasteiger partial charge >= 0.3 is 0 Å². The Balaban J connectivity index is 1.08. The molecule has 2 N–H and O–H groups in total. The van der Waals surface area contributed by atoms with Gasteiger partial charge in [-0.25, -0.2) is 0 Å². The summed E-state index contributed by atoms with van der Waals surface area (Å²) in [6, 6.07) is 22.0. The molecule has 9 heteroatoms. The van der Waals surface area contributed by atoms with E-state index in [0.717, 1.165) is 122 Å². The van der Waals surface area contributed by atoms with Gasteiger partial charge in [0.05, 0.1) is 52.9 Å². The van der Waals surface area contributed by atoms with Gasteiger partial charge in [-0.1, -0.05) is 82.9 Å². The lowest BCUT2D eigenvalue weighted by Crippen LogP contribution is -2.43. The van der Waals surface area contributed by atoms with E-state index in [1.54, 1.807) is 12.1 Å². The van der Waals surface area contributed by atoms with Gasteiger partial charge in [0.2, 0.25) is 11.8 Å². The van der Waals surface area contributed by atoms with Crippen molar-refractivity contribution in [3.05, 3.63) is 83.4 Å². The highest BCUT2D eigenvalue weighted by atomic mass is 16.5. The molecule has 2 fully saturated rings. The van der Waals surface area contributed by atoms with Crippen LogP contribution in [0.15, 0.2) is 66.7 Å². The van der Waals surface area contributed by atoms with Crippen LogP contribution >= 0.6 is 0 Å². The van der Waals surface area contributed by atoms with E-state index in [0.29, 0.717) is 35.8 Å². The predicted octanol–water partition coefficient (Wildman–Crippen LogP) is 10.4. The summed E-state index contributed by atoms with van der Waals surface area (Å²) in [7, 11) is 0. The van der Waals surface area contributed by atoms with Crippen molar-refractivity contribution in [1.29, 1.82) is 10.8 Å². The van der Waals surface area contributed by atoms with Crippen molar-refractivity contribution in [1.82, 2.24) is 0 Å². The minimum atomic E-state index is -0.127. The molecule has 9 nitrogen and oxygen atoms in total. The Morgan fingerprint density at radius 3 is 1.48 bits per heavy atom. The van der Waals surface area contributed by atoms with Gasteiger partial charge in [0.15, 0.2) is 0 Å². The van der Waals surface area contributed by atoms with E-state index in [4.69, 9.17) is 44.0 Å². The number of hydrogen-bond acceptors (Lipinski definition) is 9. The Hall–Kier alpha value is -3.76. The highest BCUT2D eigenvalue weighted by Gasteiger charge is 2.34. The zero-order chi connectivity index (χ0) is 39.5. The van der Waals surface area contributed by atoms with Crippen LogP contribution in [0.3, 0.4) is 0 Å². The summed E-state index contributed by atoms with van der Waals surface area (Å²) in [6.07, 6.45) is 13.0. The van der Waals surface area contributed by atoms with E-state index in [2.05, 4.69) is 45.0 Å². The van der Waals surface area contributed by atoms with Gasteiger partial charge in [-0.15, -0.1) is 0 Å². The predicted molar refractivity (Wildman–Crippen MR) is 224 cm³/mol. The molecule has 2 aliphatic heterocycles. The average Bonchev–Trinajstić information content (AvgIpc) is 3.18. The van der Waals surface area contributed by atoms with Gasteiger partial charge in [0, 0.05) is 41.2 Å². The third kappa shape index (κ3) is 14.6. The quantitative estimate of drug-likeness (QED) is 0.0451. The number of nitrogens with one attached hydrogen (secondary N) is 2. The first-order valence-corrected chi connectivity index (χ1v) is 21.0. The van der Waals surface area contributed by atoms with E-state index < -0.39 is 0 Å². The lowest BCUT2D eigenvalue weighted by Gasteiger charge is -2.37. The number of aryl methyl sites for hydroxylation is 1. The number of unbranched alkanes of at least 4 members (excludes halogenated alkanes) is 8. The van der Waals surface area contributed by atoms with Crippen LogP contribution in [0.4, 0.5) is 0 Å². The van der Waals surface area contributed by atoms with Crippen LogP contribution in [-0.4, -0.2) is 77.9 Å². The van der Waals surface area contributed by atoms with E-state index >= 15 is 0 Å². The molecule has 3 aromatic rings. The van der Waals surface area contributed by atoms with Crippen molar-refractivity contribution in [2.24, 2.45) is 10.8 Å². The van der Waals surface area contributed by atoms with Crippen LogP contribution in [0.2, 0.25) is 0 Å². The summed E-state index contributed by atoms with van der Waals surface area (Å²) in [5.41, 5.74) is 5.07. The Morgan fingerprint density at radius 2 is 1.02 bits per heavy atom. The summed E-state index contributed by atoms with van der Waals surface area (Å²) in [5.74, 6) is 1.04.